The molecule has 0 bridgehead atoms. The number of para-hydroxylation sites is 1. The van der Waals surface area contributed by atoms with E-state index >= 15 is 0 Å². The molecular formula is C17H24N2O4. The number of piperidine rings is 1. The molecule has 126 valence electrons. The number of nitrogens with one attached hydrogen (secondary N) is 1. The minimum absolute atomic E-state index is 0.0498. The normalized spacial score (nSPS) is 19.8. The topological polar surface area (TPSA) is 60.0 Å². The zero-order valence-electron chi connectivity index (χ0n) is 13.5. The van der Waals surface area contributed by atoms with Crippen molar-refractivity contribution in [2.75, 3.05) is 39.5 Å². The van der Waals surface area contributed by atoms with Crippen LogP contribution < -0.4 is 10.1 Å². The summed E-state index contributed by atoms with van der Waals surface area (Å²) in [5.74, 6) is 0.419. The Morgan fingerprint density at radius 1 is 1.26 bits per heavy atom. The van der Waals surface area contributed by atoms with Gasteiger partial charge in [-0.05, 0) is 18.6 Å². The second kappa shape index (κ2) is 7.19. The first-order valence-corrected chi connectivity index (χ1v) is 8.18. The van der Waals surface area contributed by atoms with Gasteiger partial charge in [0.2, 0.25) is 0 Å². The van der Waals surface area contributed by atoms with Gasteiger partial charge in [0.05, 0.1) is 19.8 Å². The lowest BCUT2D eigenvalue weighted by molar-refractivity contribution is -0.181. The number of rotatable bonds is 4. The summed E-state index contributed by atoms with van der Waals surface area (Å²) in [5, 5.41) is 2.90. The van der Waals surface area contributed by atoms with Gasteiger partial charge in [0.25, 0.3) is 0 Å². The Hall–Kier alpha value is -1.79. The molecule has 2 aliphatic rings. The Balaban J connectivity index is 1.36. The maximum Gasteiger partial charge on any atom is 0.317 e. The van der Waals surface area contributed by atoms with Crippen LogP contribution in [0.3, 0.4) is 0 Å². The van der Waals surface area contributed by atoms with E-state index in [2.05, 4.69) is 5.32 Å². The molecule has 0 radical (unpaired) electrons. The van der Waals surface area contributed by atoms with Crippen LogP contribution in [0.2, 0.25) is 0 Å². The second-order valence-corrected chi connectivity index (χ2v) is 5.94. The number of amides is 2. The molecule has 2 heterocycles. The van der Waals surface area contributed by atoms with Gasteiger partial charge in [-0.2, -0.15) is 0 Å². The highest BCUT2D eigenvalue weighted by molar-refractivity contribution is 5.74. The van der Waals surface area contributed by atoms with Gasteiger partial charge < -0.3 is 24.4 Å². The van der Waals surface area contributed by atoms with Crippen LogP contribution in [-0.2, 0) is 9.47 Å². The Morgan fingerprint density at radius 3 is 2.65 bits per heavy atom. The highest BCUT2D eigenvalue weighted by atomic mass is 16.7. The van der Waals surface area contributed by atoms with Crippen molar-refractivity contribution >= 4 is 6.03 Å². The van der Waals surface area contributed by atoms with Gasteiger partial charge in [0.1, 0.15) is 12.4 Å². The van der Waals surface area contributed by atoms with Gasteiger partial charge in [-0.1, -0.05) is 18.2 Å². The van der Waals surface area contributed by atoms with Gasteiger partial charge >= 0.3 is 6.03 Å². The van der Waals surface area contributed by atoms with Crippen LogP contribution in [-0.4, -0.2) is 56.2 Å². The summed E-state index contributed by atoms with van der Waals surface area (Å²) >= 11 is 0. The van der Waals surface area contributed by atoms with Gasteiger partial charge in [-0.15, -0.1) is 0 Å². The highest BCUT2D eigenvalue weighted by Gasteiger charge is 2.40. The third-order valence-corrected chi connectivity index (χ3v) is 4.36. The smallest absolute Gasteiger partial charge is 0.317 e. The number of carbonyl (C=O) groups excluding carboxylic acids is 1. The monoisotopic (exact) mass is 320 g/mol. The maximum absolute atomic E-state index is 12.2. The van der Waals surface area contributed by atoms with Crippen LogP contribution in [0.1, 0.15) is 18.4 Å². The largest absolute Gasteiger partial charge is 0.491 e. The van der Waals surface area contributed by atoms with E-state index in [-0.39, 0.29) is 6.03 Å². The molecule has 2 fully saturated rings. The molecule has 0 unspecified atom stereocenters. The van der Waals surface area contributed by atoms with Crippen LogP contribution >= 0.6 is 0 Å². The molecule has 0 aliphatic carbocycles. The fourth-order valence-electron chi connectivity index (χ4n) is 2.99. The summed E-state index contributed by atoms with van der Waals surface area (Å²) in [5.41, 5.74) is 1.09. The van der Waals surface area contributed by atoms with Gasteiger partial charge in [-0.25, -0.2) is 4.79 Å². The molecule has 2 amide bonds. The number of nitrogens with zero attached hydrogens (tertiary/aromatic N) is 1. The minimum Gasteiger partial charge on any atom is -0.491 e. The molecule has 1 N–H and O–H groups in total. The molecule has 0 aromatic heterocycles. The first kappa shape index (κ1) is 16.1. The number of benzene rings is 1. The average molecular weight is 320 g/mol. The van der Waals surface area contributed by atoms with Crippen molar-refractivity contribution < 1.29 is 19.0 Å². The molecule has 2 saturated heterocycles. The summed E-state index contributed by atoms with van der Waals surface area (Å²) in [7, 11) is 0. The van der Waals surface area contributed by atoms with Crippen LogP contribution in [0, 0.1) is 6.92 Å². The lowest BCUT2D eigenvalue weighted by Gasteiger charge is -2.37. The van der Waals surface area contributed by atoms with E-state index in [1.54, 1.807) is 0 Å². The van der Waals surface area contributed by atoms with Crippen molar-refractivity contribution in [3.63, 3.8) is 0 Å². The number of hydrogen-bond acceptors (Lipinski definition) is 4. The predicted octanol–water partition coefficient (Wildman–Crippen LogP) is 1.92. The van der Waals surface area contributed by atoms with Gasteiger partial charge in [0, 0.05) is 25.9 Å². The molecular weight excluding hydrogens is 296 g/mol. The maximum atomic E-state index is 12.2. The fourth-order valence-corrected chi connectivity index (χ4v) is 2.99. The summed E-state index contributed by atoms with van der Waals surface area (Å²) in [4.78, 5) is 14.0. The van der Waals surface area contributed by atoms with Crippen molar-refractivity contribution in [2.45, 2.75) is 25.6 Å². The van der Waals surface area contributed by atoms with Crippen LogP contribution in [0.15, 0.2) is 24.3 Å². The molecule has 23 heavy (non-hydrogen) atoms. The molecule has 1 aromatic carbocycles. The van der Waals surface area contributed by atoms with E-state index in [4.69, 9.17) is 14.2 Å². The molecule has 2 aliphatic heterocycles. The third-order valence-electron chi connectivity index (χ3n) is 4.36. The van der Waals surface area contributed by atoms with E-state index in [0.29, 0.717) is 39.5 Å². The molecule has 1 spiro atoms. The van der Waals surface area contributed by atoms with Crippen molar-refractivity contribution in [3.8, 4) is 5.75 Å². The SMILES string of the molecule is Cc1ccccc1OCCNC(=O)N1CCC2(CC1)OCCO2. The molecule has 6 heteroatoms. The van der Waals surface area contributed by atoms with Gasteiger partial charge in [-0.3, -0.25) is 0 Å². The van der Waals surface area contributed by atoms with Crippen LogP contribution in [0.5, 0.6) is 5.75 Å². The Labute approximate surface area is 136 Å². The number of ether oxygens (including phenoxy) is 3. The Bertz CT molecular complexity index is 533. The Morgan fingerprint density at radius 2 is 1.96 bits per heavy atom. The van der Waals surface area contributed by atoms with Crippen molar-refractivity contribution in [2.24, 2.45) is 0 Å². The summed E-state index contributed by atoms with van der Waals surface area (Å²) in [6.07, 6.45) is 1.47. The fraction of sp³-hybridized carbons (Fsp3) is 0.588. The van der Waals surface area contributed by atoms with E-state index < -0.39 is 5.79 Å². The zero-order chi connectivity index (χ0) is 16.1. The van der Waals surface area contributed by atoms with Crippen molar-refractivity contribution in [1.82, 2.24) is 10.2 Å². The minimum atomic E-state index is -0.440. The van der Waals surface area contributed by atoms with E-state index in [1.165, 1.54) is 0 Å². The van der Waals surface area contributed by atoms with Crippen LogP contribution in [0.25, 0.3) is 0 Å². The Kier molecular flexibility index (Phi) is 5.03. The number of urea groups is 1. The lowest BCUT2D eigenvalue weighted by atomic mass is 10.0. The zero-order valence-corrected chi connectivity index (χ0v) is 13.5. The van der Waals surface area contributed by atoms with Crippen molar-refractivity contribution in [3.05, 3.63) is 29.8 Å². The van der Waals surface area contributed by atoms with E-state index in [0.717, 1.165) is 24.2 Å². The average Bonchev–Trinajstić information content (AvgIpc) is 3.02. The van der Waals surface area contributed by atoms with Crippen molar-refractivity contribution in [1.29, 1.82) is 0 Å². The molecule has 0 atom stereocenters. The third kappa shape index (κ3) is 3.95. The molecule has 6 nitrogen and oxygen atoms in total. The van der Waals surface area contributed by atoms with E-state index in [1.807, 2.05) is 36.1 Å². The number of carbonyl (C=O) groups is 1. The molecule has 3 rings (SSSR count). The van der Waals surface area contributed by atoms with Gasteiger partial charge in [0.15, 0.2) is 5.79 Å². The second-order valence-electron chi connectivity index (χ2n) is 5.94. The van der Waals surface area contributed by atoms with Crippen LogP contribution in [0.4, 0.5) is 4.79 Å². The first-order chi connectivity index (χ1) is 11.2. The quantitative estimate of drug-likeness (QED) is 0.861. The molecule has 0 saturated carbocycles. The standard InChI is InChI=1S/C17H24N2O4/c1-14-4-2-3-5-15(14)21-11-8-18-16(20)19-9-6-17(7-10-19)22-12-13-23-17/h2-5H,6-13H2,1H3,(H,18,20). The first-order valence-electron chi connectivity index (χ1n) is 8.18. The lowest BCUT2D eigenvalue weighted by Crippen LogP contribution is -2.50. The molecule has 1 aromatic rings. The number of aryl methyl sites for hydroxylation is 1. The summed E-state index contributed by atoms with van der Waals surface area (Å²) in [6.45, 7) is 5.58. The number of likely N-dealkylation sites (tertiary alicyclic amines) is 1. The summed E-state index contributed by atoms with van der Waals surface area (Å²) in [6, 6.07) is 7.81. The number of hydrogen-bond donors (Lipinski definition) is 1. The predicted molar refractivity (Wildman–Crippen MR) is 85.5 cm³/mol. The highest BCUT2D eigenvalue weighted by Crippen LogP contribution is 2.31. The summed E-state index contributed by atoms with van der Waals surface area (Å²) < 4.78 is 17.0. The van der Waals surface area contributed by atoms with E-state index in [9.17, 15) is 4.79 Å².